The standard InChI is InChI=1S/C18H15N5O5/c1-6(2)18(26)22-9-5-10(23(27)28)15(21)14-13(9)16(24)11-7(19)3-4-8(20)12(11)17(14)25/h3-5H,1,19-21H2,2H3,(H,22,26). The van der Waals surface area contributed by atoms with Gasteiger partial charge in [-0.25, -0.2) is 0 Å². The van der Waals surface area contributed by atoms with E-state index in [-0.39, 0.29) is 39.3 Å². The third-order valence-corrected chi connectivity index (χ3v) is 4.36. The molecule has 0 atom stereocenters. The van der Waals surface area contributed by atoms with Crippen LogP contribution >= 0.6 is 0 Å². The van der Waals surface area contributed by atoms with Crippen molar-refractivity contribution in [1.29, 1.82) is 0 Å². The van der Waals surface area contributed by atoms with Gasteiger partial charge >= 0.3 is 0 Å². The van der Waals surface area contributed by atoms with Crippen LogP contribution in [0.15, 0.2) is 30.4 Å². The fourth-order valence-corrected chi connectivity index (χ4v) is 3.01. The Hall–Kier alpha value is -4.21. The number of nitrogen functional groups attached to an aromatic ring is 3. The van der Waals surface area contributed by atoms with Crippen LogP contribution in [0.2, 0.25) is 0 Å². The van der Waals surface area contributed by atoms with Crippen LogP contribution in [0, 0.1) is 10.1 Å². The number of amides is 1. The van der Waals surface area contributed by atoms with Gasteiger partial charge < -0.3 is 22.5 Å². The molecule has 0 spiro atoms. The number of benzene rings is 2. The molecule has 0 aromatic heterocycles. The highest BCUT2D eigenvalue weighted by Gasteiger charge is 2.39. The number of carbonyl (C=O) groups is 3. The van der Waals surface area contributed by atoms with Gasteiger partial charge in [-0.05, 0) is 19.1 Å². The Bertz CT molecular complexity index is 1140. The maximum Gasteiger partial charge on any atom is 0.295 e. The Morgan fingerprint density at radius 1 is 1.04 bits per heavy atom. The van der Waals surface area contributed by atoms with Crippen LogP contribution in [0.25, 0.3) is 0 Å². The maximum absolute atomic E-state index is 13.1. The summed E-state index contributed by atoms with van der Waals surface area (Å²) in [5, 5.41) is 13.8. The highest BCUT2D eigenvalue weighted by molar-refractivity contribution is 6.35. The summed E-state index contributed by atoms with van der Waals surface area (Å²) < 4.78 is 0. The number of carbonyl (C=O) groups excluding carboxylic acids is 3. The number of hydrogen-bond donors (Lipinski definition) is 4. The number of hydrogen-bond acceptors (Lipinski definition) is 8. The van der Waals surface area contributed by atoms with Gasteiger partial charge in [0.1, 0.15) is 5.69 Å². The monoisotopic (exact) mass is 381 g/mol. The topological polar surface area (TPSA) is 184 Å². The lowest BCUT2D eigenvalue weighted by atomic mass is 9.80. The molecule has 0 heterocycles. The average molecular weight is 381 g/mol. The fraction of sp³-hybridized carbons (Fsp3) is 0.0556. The second-order valence-electron chi connectivity index (χ2n) is 6.25. The van der Waals surface area contributed by atoms with Crippen molar-refractivity contribution in [1.82, 2.24) is 0 Å². The third-order valence-electron chi connectivity index (χ3n) is 4.36. The molecule has 1 amide bonds. The van der Waals surface area contributed by atoms with Crippen LogP contribution in [-0.4, -0.2) is 22.4 Å². The maximum atomic E-state index is 13.1. The largest absolute Gasteiger partial charge is 0.398 e. The molecule has 142 valence electrons. The highest BCUT2D eigenvalue weighted by Crippen LogP contribution is 2.43. The predicted octanol–water partition coefficient (Wildman–Crippen LogP) is 1.63. The van der Waals surface area contributed by atoms with E-state index in [0.717, 1.165) is 6.07 Å². The van der Waals surface area contributed by atoms with Crippen LogP contribution in [0.4, 0.5) is 28.4 Å². The minimum Gasteiger partial charge on any atom is -0.398 e. The summed E-state index contributed by atoms with van der Waals surface area (Å²) in [6, 6.07) is 3.64. The lowest BCUT2D eigenvalue weighted by molar-refractivity contribution is -0.383. The van der Waals surface area contributed by atoms with Gasteiger partial charge in [0, 0.05) is 23.0 Å². The second kappa shape index (κ2) is 6.20. The summed E-state index contributed by atoms with van der Waals surface area (Å²) in [6.07, 6.45) is 0. The molecule has 2 aromatic rings. The zero-order valence-corrected chi connectivity index (χ0v) is 14.7. The van der Waals surface area contributed by atoms with Crippen LogP contribution in [0.5, 0.6) is 0 Å². The lowest BCUT2D eigenvalue weighted by Crippen LogP contribution is -2.27. The summed E-state index contributed by atoms with van der Waals surface area (Å²) in [5.41, 5.74) is 15.2. The molecule has 10 heteroatoms. The molecule has 3 rings (SSSR count). The number of rotatable bonds is 3. The zero-order valence-electron chi connectivity index (χ0n) is 14.7. The molecular weight excluding hydrogens is 366 g/mol. The number of anilines is 4. The number of fused-ring (bicyclic) bond motifs is 2. The molecular formula is C18H15N5O5. The van der Waals surface area contributed by atoms with Gasteiger partial charge in [-0.2, -0.15) is 0 Å². The molecule has 1 aliphatic carbocycles. The Morgan fingerprint density at radius 3 is 2.00 bits per heavy atom. The van der Waals surface area contributed by atoms with E-state index in [4.69, 9.17) is 17.2 Å². The van der Waals surface area contributed by atoms with Crippen LogP contribution in [0.3, 0.4) is 0 Å². The van der Waals surface area contributed by atoms with Crippen LogP contribution < -0.4 is 22.5 Å². The van der Waals surface area contributed by atoms with Gasteiger partial charge in [0.25, 0.3) is 11.6 Å². The summed E-state index contributed by atoms with van der Waals surface area (Å²) in [4.78, 5) is 48.9. The Kier molecular flexibility index (Phi) is 4.11. The van der Waals surface area contributed by atoms with E-state index in [0.29, 0.717) is 0 Å². The first-order valence-corrected chi connectivity index (χ1v) is 7.91. The van der Waals surface area contributed by atoms with Crippen molar-refractivity contribution in [3.63, 3.8) is 0 Å². The third kappa shape index (κ3) is 2.55. The normalized spacial score (nSPS) is 12.2. The quantitative estimate of drug-likeness (QED) is 0.228. The van der Waals surface area contributed by atoms with E-state index < -0.39 is 39.3 Å². The smallest absolute Gasteiger partial charge is 0.295 e. The molecule has 0 saturated heterocycles. The van der Waals surface area contributed by atoms with Crippen molar-refractivity contribution >= 4 is 45.9 Å². The van der Waals surface area contributed by atoms with E-state index in [9.17, 15) is 24.5 Å². The summed E-state index contributed by atoms with van der Waals surface area (Å²) in [5.74, 6) is -2.21. The van der Waals surface area contributed by atoms with Gasteiger partial charge in [-0.3, -0.25) is 24.5 Å². The van der Waals surface area contributed by atoms with Gasteiger partial charge in [0.05, 0.1) is 32.9 Å². The van der Waals surface area contributed by atoms with Crippen LogP contribution in [0.1, 0.15) is 38.8 Å². The minimum atomic E-state index is -0.817. The van der Waals surface area contributed by atoms with E-state index in [1.165, 1.54) is 19.1 Å². The van der Waals surface area contributed by atoms with Crippen molar-refractivity contribution in [2.45, 2.75) is 6.92 Å². The van der Waals surface area contributed by atoms with Crippen molar-refractivity contribution in [2.24, 2.45) is 0 Å². The average Bonchev–Trinajstić information content (AvgIpc) is 2.62. The van der Waals surface area contributed by atoms with Gasteiger partial charge in [-0.15, -0.1) is 0 Å². The number of nitrogens with zero attached hydrogens (tertiary/aromatic N) is 1. The first kappa shape index (κ1) is 18.6. The number of nitrogens with one attached hydrogen (secondary N) is 1. The number of nitro groups is 1. The number of nitro benzene ring substituents is 1. The molecule has 0 aliphatic heterocycles. The van der Waals surface area contributed by atoms with E-state index >= 15 is 0 Å². The van der Waals surface area contributed by atoms with E-state index in [2.05, 4.69) is 11.9 Å². The highest BCUT2D eigenvalue weighted by atomic mass is 16.6. The first-order chi connectivity index (χ1) is 13.1. The number of nitrogens with two attached hydrogens (primary N) is 3. The van der Waals surface area contributed by atoms with E-state index in [1.807, 2.05) is 0 Å². The molecule has 28 heavy (non-hydrogen) atoms. The molecule has 7 N–H and O–H groups in total. The SMILES string of the molecule is C=C(C)C(=O)Nc1cc([N+](=O)[O-])c(N)c2c1C(=O)c1c(N)ccc(N)c1C2=O. The Labute approximate surface area is 158 Å². The molecule has 10 nitrogen and oxygen atoms in total. The zero-order chi connectivity index (χ0) is 20.9. The molecule has 2 aromatic carbocycles. The van der Waals surface area contributed by atoms with E-state index in [1.54, 1.807) is 0 Å². The molecule has 0 bridgehead atoms. The first-order valence-electron chi connectivity index (χ1n) is 7.91. The summed E-state index contributed by atoms with van der Waals surface area (Å²) in [6.45, 7) is 4.89. The van der Waals surface area contributed by atoms with Crippen molar-refractivity contribution in [2.75, 3.05) is 22.5 Å². The van der Waals surface area contributed by atoms with Gasteiger partial charge in [-0.1, -0.05) is 6.58 Å². The molecule has 1 aliphatic rings. The minimum absolute atomic E-state index is 0.00213. The second-order valence-corrected chi connectivity index (χ2v) is 6.25. The van der Waals surface area contributed by atoms with Crippen molar-refractivity contribution < 1.29 is 19.3 Å². The molecule has 0 unspecified atom stereocenters. The Morgan fingerprint density at radius 2 is 1.54 bits per heavy atom. The van der Waals surface area contributed by atoms with Gasteiger partial charge in [0.15, 0.2) is 11.6 Å². The summed E-state index contributed by atoms with van der Waals surface area (Å²) >= 11 is 0. The Balaban J connectivity index is 2.41. The van der Waals surface area contributed by atoms with Crippen molar-refractivity contribution in [3.8, 4) is 0 Å². The fourth-order valence-electron chi connectivity index (χ4n) is 3.01. The molecule has 0 saturated carbocycles. The summed E-state index contributed by atoms with van der Waals surface area (Å²) in [7, 11) is 0. The van der Waals surface area contributed by atoms with Crippen molar-refractivity contribution in [3.05, 3.63) is 62.7 Å². The van der Waals surface area contributed by atoms with Crippen LogP contribution in [-0.2, 0) is 4.79 Å². The number of ketones is 2. The molecule has 0 radical (unpaired) electrons. The molecule has 0 fully saturated rings. The predicted molar refractivity (Wildman–Crippen MR) is 103 cm³/mol. The lowest BCUT2D eigenvalue weighted by Gasteiger charge is -2.24. The van der Waals surface area contributed by atoms with Gasteiger partial charge in [0.2, 0.25) is 0 Å².